The van der Waals surface area contributed by atoms with E-state index >= 15 is 0 Å². The summed E-state index contributed by atoms with van der Waals surface area (Å²) in [5, 5.41) is 7.30. The van der Waals surface area contributed by atoms with Crippen molar-refractivity contribution in [2.45, 2.75) is 40.4 Å². The Morgan fingerprint density at radius 3 is 2.19 bits per heavy atom. The highest BCUT2D eigenvalue weighted by atomic mass is 32.2. The van der Waals surface area contributed by atoms with E-state index in [1.165, 1.54) is 28.7 Å². The summed E-state index contributed by atoms with van der Waals surface area (Å²) in [5.41, 5.74) is -1.07. The molecular weight excluding hydrogens is 389 g/mol. The van der Waals surface area contributed by atoms with Gasteiger partial charge in [-0.25, -0.2) is 13.4 Å². The van der Waals surface area contributed by atoms with Crippen LogP contribution in [0.1, 0.15) is 25.0 Å². The zero-order valence-corrected chi connectivity index (χ0v) is 15.1. The standard InChI is InChI=1S/C15H15F3N4O2S2/c16-15(17,18)12-5-7-14(21-20-12)25-13-6-4-11(10-19-13)26(23,24)22-8-2-1-3-9-22/h4-7,10H,1-3,8-9H2. The first-order valence-corrected chi connectivity index (χ1v) is 10.1. The van der Waals surface area contributed by atoms with Crippen LogP contribution >= 0.6 is 11.8 Å². The van der Waals surface area contributed by atoms with Crippen LogP contribution < -0.4 is 0 Å². The fourth-order valence-electron chi connectivity index (χ4n) is 2.47. The maximum absolute atomic E-state index is 12.5. The Kier molecular flexibility index (Phi) is 5.49. The van der Waals surface area contributed by atoms with Gasteiger partial charge in [0.25, 0.3) is 0 Å². The monoisotopic (exact) mass is 404 g/mol. The van der Waals surface area contributed by atoms with Crippen LogP contribution in [0.15, 0.2) is 45.4 Å². The zero-order valence-electron chi connectivity index (χ0n) is 13.5. The molecule has 0 saturated carbocycles. The minimum absolute atomic E-state index is 0.0993. The number of sulfonamides is 1. The lowest BCUT2D eigenvalue weighted by Crippen LogP contribution is -2.35. The second kappa shape index (κ2) is 7.49. The van der Waals surface area contributed by atoms with E-state index in [-0.39, 0.29) is 9.92 Å². The number of aromatic nitrogens is 3. The minimum Gasteiger partial charge on any atom is -0.248 e. The second-order valence-corrected chi connectivity index (χ2v) is 8.63. The topological polar surface area (TPSA) is 76.0 Å². The molecule has 2 aromatic rings. The largest absolute Gasteiger partial charge is 0.435 e. The molecule has 1 aliphatic rings. The smallest absolute Gasteiger partial charge is 0.248 e. The van der Waals surface area contributed by atoms with Gasteiger partial charge in [0.05, 0.1) is 0 Å². The SMILES string of the molecule is O=S(=O)(c1ccc(Sc2ccc(C(F)(F)F)nn2)nc1)N1CCCCC1. The minimum atomic E-state index is -4.54. The molecule has 11 heteroatoms. The molecule has 6 nitrogen and oxygen atoms in total. The summed E-state index contributed by atoms with van der Waals surface area (Å²) in [6.45, 7) is 1.000. The van der Waals surface area contributed by atoms with Gasteiger partial charge >= 0.3 is 6.18 Å². The average Bonchev–Trinajstić information content (AvgIpc) is 2.63. The Bertz CT molecular complexity index is 850. The summed E-state index contributed by atoms with van der Waals surface area (Å²) in [5.74, 6) is 0. The van der Waals surface area contributed by atoms with Crippen LogP contribution in [0.2, 0.25) is 0 Å². The molecule has 0 radical (unpaired) electrons. The molecule has 3 rings (SSSR count). The summed E-state index contributed by atoms with van der Waals surface area (Å²) in [4.78, 5) is 4.17. The van der Waals surface area contributed by atoms with Gasteiger partial charge in [-0.3, -0.25) is 0 Å². The first-order valence-electron chi connectivity index (χ1n) is 7.82. The Hall–Kier alpha value is -1.72. The fourth-order valence-corrected chi connectivity index (χ4v) is 4.60. The van der Waals surface area contributed by atoms with Crippen LogP contribution in [0.3, 0.4) is 0 Å². The molecule has 1 saturated heterocycles. The fraction of sp³-hybridized carbons (Fsp3) is 0.400. The van der Waals surface area contributed by atoms with E-state index in [4.69, 9.17) is 0 Å². The van der Waals surface area contributed by atoms with Gasteiger partial charge in [0.1, 0.15) is 14.9 Å². The number of piperidine rings is 1. The highest BCUT2D eigenvalue weighted by Gasteiger charge is 2.33. The molecule has 0 amide bonds. The first-order chi connectivity index (χ1) is 12.3. The van der Waals surface area contributed by atoms with Crippen LogP contribution in [-0.4, -0.2) is 41.0 Å². The zero-order chi connectivity index (χ0) is 18.8. The van der Waals surface area contributed by atoms with Gasteiger partial charge in [-0.15, -0.1) is 10.2 Å². The molecule has 0 spiro atoms. The number of rotatable bonds is 4. The Labute approximate surface area is 152 Å². The van der Waals surface area contributed by atoms with Crippen LogP contribution in [0.5, 0.6) is 0 Å². The van der Waals surface area contributed by atoms with E-state index in [9.17, 15) is 21.6 Å². The molecule has 0 aromatic carbocycles. The highest BCUT2D eigenvalue weighted by Crippen LogP contribution is 2.30. The molecule has 1 fully saturated rings. The third-order valence-electron chi connectivity index (χ3n) is 3.80. The van der Waals surface area contributed by atoms with E-state index in [1.807, 2.05) is 0 Å². The van der Waals surface area contributed by atoms with Gasteiger partial charge < -0.3 is 0 Å². The van der Waals surface area contributed by atoms with Gasteiger partial charge in [-0.05, 0) is 48.9 Å². The number of alkyl halides is 3. The van der Waals surface area contributed by atoms with Crippen LogP contribution in [0.4, 0.5) is 13.2 Å². The molecule has 140 valence electrons. The molecule has 0 unspecified atom stereocenters. The molecule has 26 heavy (non-hydrogen) atoms. The number of nitrogens with zero attached hydrogens (tertiary/aromatic N) is 4. The van der Waals surface area contributed by atoms with Gasteiger partial charge in [0, 0.05) is 19.3 Å². The summed E-state index contributed by atoms with van der Waals surface area (Å²) in [7, 11) is -3.57. The lowest BCUT2D eigenvalue weighted by atomic mass is 10.2. The maximum atomic E-state index is 12.5. The summed E-state index contributed by atoms with van der Waals surface area (Å²) >= 11 is 1.00. The molecular formula is C15H15F3N4O2S2. The van der Waals surface area contributed by atoms with E-state index < -0.39 is 21.9 Å². The van der Waals surface area contributed by atoms with Crippen molar-refractivity contribution in [3.63, 3.8) is 0 Å². The Morgan fingerprint density at radius 1 is 0.962 bits per heavy atom. The third-order valence-corrected chi connectivity index (χ3v) is 6.56. The third kappa shape index (κ3) is 4.33. The van der Waals surface area contributed by atoms with Crippen LogP contribution in [0, 0.1) is 0 Å². The quantitative estimate of drug-likeness (QED) is 0.779. The lowest BCUT2D eigenvalue weighted by Gasteiger charge is -2.25. The average molecular weight is 404 g/mol. The van der Waals surface area contributed by atoms with Crippen molar-refractivity contribution < 1.29 is 21.6 Å². The number of halogens is 3. The summed E-state index contributed by atoms with van der Waals surface area (Å²) < 4.78 is 63.9. The van der Waals surface area contributed by atoms with Crippen molar-refractivity contribution in [1.29, 1.82) is 0 Å². The first kappa shape index (κ1) is 19.1. The molecule has 0 aliphatic carbocycles. The lowest BCUT2D eigenvalue weighted by molar-refractivity contribution is -0.141. The van der Waals surface area contributed by atoms with Gasteiger partial charge in [0.2, 0.25) is 10.0 Å². The van der Waals surface area contributed by atoms with E-state index in [0.29, 0.717) is 18.1 Å². The molecule has 3 heterocycles. The molecule has 2 aromatic heterocycles. The van der Waals surface area contributed by atoms with E-state index in [2.05, 4.69) is 15.2 Å². The predicted molar refractivity (Wildman–Crippen MR) is 88.0 cm³/mol. The van der Waals surface area contributed by atoms with Crippen molar-refractivity contribution in [3.8, 4) is 0 Å². The maximum Gasteiger partial charge on any atom is 0.435 e. The number of pyridine rings is 1. The Balaban J connectivity index is 1.71. The van der Waals surface area contributed by atoms with Crippen LogP contribution in [0.25, 0.3) is 0 Å². The van der Waals surface area contributed by atoms with Crippen LogP contribution in [-0.2, 0) is 16.2 Å². The molecule has 0 bridgehead atoms. The number of hydrogen-bond acceptors (Lipinski definition) is 6. The summed E-state index contributed by atoms with van der Waals surface area (Å²) in [6, 6.07) is 4.97. The molecule has 1 aliphatic heterocycles. The van der Waals surface area contributed by atoms with Crippen molar-refractivity contribution in [3.05, 3.63) is 36.2 Å². The number of hydrogen-bond donors (Lipinski definition) is 0. The van der Waals surface area contributed by atoms with Crippen molar-refractivity contribution in [2.24, 2.45) is 0 Å². The normalized spacial score (nSPS) is 16.6. The highest BCUT2D eigenvalue weighted by molar-refractivity contribution is 7.99. The van der Waals surface area contributed by atoms with Crippen molar-refractivity contribution >= 4 is 21.8 Å². The van der Waals surface area contributed by atoms with E-state index in [1.54, 1.807) is 0 Å². The predicted octanol–water partition coefficient (Wildman–Crippen LogP) is 3.22. The molecule has 0 N–H and O–H groups in total. The second-order valence-electron chi connectivity index (χ2n) is 5.65. The Morgan fingerprint density at radius 2 is 1.65 bits per heavy atom. The summed E-state index contributed by atoms with van der Waals surface area (Å²) in [6.07, 6.45) is -0.586. The van der Waals surface area contributed by atoms with E-state index in [0.717, 1.165) is 37.1 Å². The van der Waals surface area contributed by atoms with Crippen molar-refractivity contribution in [2.75, 3.05) is 13.1 Å². The van der Waals surface area contributed by atoms with Crippen molar-refractivity contribution in [1.82, 2.24) is 19.5 Å². The van der Waals surface area contributed by atoms with Gasteiger partial charge in [0.15, 0.2) is 5.69 Å². The van der Waals surface area contributed by atoms with Gasteiger partial charge in [-0.1, -0.05) is 6.42 Å². The van der Waals surface area contributed by atoms with Gasteiger partial charge in [-0.2, -0.15) is 17.5 Å². The molecule has 0 atom stereocenters.